The smallest absolute Gasteiger partial charge is 0.131 e. The van der Waals surface area contributed by atoms with Crippen LogP contribution in [-0.2, 0) is 19.5 Å². The van der Waals surface area contributed by atoms with Gasteiger partial charge in [0.05, 0.1) is 5.69 Å². The summed E-state index contributed by atoms with van der Waals surface area (Å²) in [5.41, 5.74) is 5.90. The van der Waals surface area contributed by atoms with Crippen molar-refractivity contribution in [3.63, 3.8) is 0 Å². The Kier molecular flexibility index (Phi) is 4.50. The molecular formula is C22H21BrN4. The van der Waals surface area contributed by atoms with Crippen LogP contribution >= 0.6 is 15.9 Å². The fourth-order valence-electron chi connectivity index (χ4n) is 3.67. The summed E-state index contributed by atoms with van der Waals surface area (Å²) in [5, 5.41) is 0. The monoisotopic (exact) mass is 420 g/mol. The minimum atomic E-state index is 0.627. The molecule has 0 atom stereocenters. The first-order valence-electron chi connectivity index (χ1n) is 9.53. The zero-order chi connectivity index (χ0) is 18.2. The van der Waals surface area contributed by atoms with E-state index < -0.39 is 0 Å². The van der Waals surface area contributed by atoms with Crippen LogP contribution in [0.3, 0.4) is 0 Å². The zero-order valence-corrected chi connectivity index (χ0v) is 16.7. The molecule has 3 aromatic rings. The maximum absolute atomic E-state index is 4.82. The third kappa shape index (κ3) is 3.66. The molecule has 0 saturated heterocycles. The van der Waals surface area contributed by atoms with Crippen LogP contribution in [-0.4, -0.2) is 26.4 Å². The summed E-state index contributed by atoms with van der Waals surface area (Å²) < 4.78 is 1.07. The van der Waals surface area contributed by atoms with E-state index in [-0.39, 0.29) is 0 Å². The number of fused-ring (bicyclic) bond motifs is 1. The van der Waals surface area contributed by atoms with Crippen molar-refractivity contribution in [3.8, 4) is 11.3 Å². The van der Waals surface area contributed by atoms with E-state index in [1.54, 1.807) is 0 Å². The molecule has 3 heterocycles. The Morgan fingerprint density at radius 2 is 1.93 bits per heavy atom. The Labute approximate surface area is 167 Å². The molecule has 0 amide bonds. The van der Waals surface area contributed by atoms with Crippen LogP contribution in [0, 0.1) is 0 Å². The molecule has 1 fully saturated rings. The standard InChI is InChI=1S/C22H21BrN4/c23-19-4-2-1-3-18(19)21-8-5-15(11-24-21)13-27-10-9-20-17(14-27)12-25-22(26-20)16-6-7-16/h1-5,8,11-12,16H,6-7,9-10,13-14H2. The fourth-order valence-corrected chi connectivity index (χ4v) is 4.16. The van der Waals surface area contributed by atoms with E-state index in [1.165, 1.54) is 29.7 Å². The molecule has 1 aliphatic heterocycles. The van der Waals surface area contributed by atoms with Crippen LogP contribution in [0.25, 0.3) is 11.3 Å². The summed E-state index contributed by atoms with van der Waals surface area (Å²) >= 11 is 3.60. The Morgan fingerprint density at radius 1 is 1.04 bits per heavy atom. The molecule has 1 aromatic carbocycles. The largest absolute Gasteiger partial charge is 0.294 e. The number of rotatable bonds is 4. The van der Waals surface area contributed by atoms with Gasteiger partial charge >= 0.3 is 0 Å². The van der Waals surface area contributed by atoms with Crippen LogP contribution < -0.4 is 0 Å². The third-order valence-electron chi connectivity index (χ3n) is 5.35. The molecule has 0 spiro atoms. The molecule has 5 heteroatoms. The van der Waals surface area contributed by atoms with Gasteiger partial charge in [-0.25, -0.2) is 9.97 Å². The van der Waals surface area contributed by atoms with Gasteiger partial charge < -0.3 is 0 Å². The normalized spacial score (nSPS) is 16.9. The van der Waals surface area contributed by atoms with Crippen LogP contribution in [0.4, 0.5) is 0 Å². The minimum absolute atomic E-state index is 0.627. The second-order valence-electron chi connectivity index (χ2n) is 7.47. The molecule has 4 nitrogen and oxygen atoms in total. The van der Waals surface area contributed by atoms with Gasteiger partial charge in [-0.3, -0.25) is 9.88 Å². The summed E-state index contributed by atoms with van der Waals surface area (Å²) in [6, 6.07) is 12.5. The van der Waals surface area contributed by atoms with Crippen molar-refractivity contribution < 1.29 is 0 Å². The SMILES string of the molecule is Brc1ccccc1-c1ccc(CN2CCc3nc(C4CC4)ncc3C2)cn1. The first-order chi connectivity index (χ1) is 13.3. The van der Waals surface area contributed by atoms with Crippen molar-refractivity contribution in [2.75, 3.05) is 6.54 Å². The summed E-state index contributed by atoms with van der Waals surface area (Å²) in [6.07, 6.45) is 7.58. The van der Waals surface area contributed by atoms with E-state index in [0.717, 1.165) is 47.6 Å². The number of pyridine rings is 1. The molecule has 0 unspecified atom stereocenters. The van der Waals surface area contributed by atoms with E-state index in [9.17, 15) is 0 Å². The molecule has 0 radical (unpaired) electrons. The van der Waals surface area contributed by atoms with Gasteiger partial charge in [-0.1, -0.05) is 40.2 Å². The molecule has 1 saturated carbocycles. The molecule has 136 valence electrons. The number of hydrogen-bond acceptors (Lipinski definition) is 4. The molecule has 0 N–H and O–H groups in total. The summed E-state index contributed by atoms with van der Waals surface area (Å²) in [5.74, 6) is 1.69. The van der Waals surface area contributed by atoms with Crippen LogP contribution in [0.15, 0.2) is 53.3 Å². The van der Waals surface area contributed by atoms with E-state index in [0.29, 0.717) is 5.92 Å². The lowest BCUT2D eigenvalue weighted by molar-refractivity contribution is 0.242. The summed E-state index contributed by atoms with van der Waals surface area (Å²) in [7, 11) is 0. The molecule has 2 aromatic heterocycles. The fraction of sp³-hybridized carbons (Fsp3) is 0.318. The highest BCUT2D eigenvalue weighted by Crippen LogP contribution is 2.38. The maximum atomic E-state index is 4.82. The Morgan fingerprint density at radius 3 is 2.70 bits per heavy atom. The van der Waals surface area contributed by atoms with Crippen LogP contribution in [0.2, 0.25) is 0 Å². The second kappa shape index (κ2) is 7.13. The van der Waals surface area contributed by atoms with Crippen molar-refractivity contribution in [2.24, 2.45) is 0 Å². The van der Waals surface area contributed by atoms with Gasteiger partial charge in [-0.2, -0.15) is 0 Å². The quantitative estimate of drug-likeness (QED) is 0.611. The maximum Gasteiger partial charge on any atom is 0.131 e. The van der Waals surface area contributed by atoms with Crippen molar-refractivity contribution in [3.05, 3.63) is 75.9 Å². The third-order valence-corrected chi connectivity index (χ3v) is 6.05. The predicted octanol–water partition coefficient (Wildman–Crippen LogP) is 4.74. The number of halogens is 1. The average Bonchev–Trinajstić information content (AvgIpc) is 3.54. The van der Waals surface area contributed by atoms with E-state index in [2.05, 4.69) is 55.2 Å². The van der Waals surface area contributed by atoms with Crippen LogP contribution in [0.1, 0.15) is 41.4 Å². The lowest BCUT2D eigenvalue weighted by Crippen LogP contribution is -2.31. The van der Waals surface area contributed by atoms with Gasteiger partial charge in [-0.05, 0) is 30.5 Å². The number of hydrogen-bond donors (Lipinski definition) is 0. The van der Waals surface area contributed by atoms with Gasteiger partial charge in [0.2, 0.25) is 0 Å². The molecule has 2 aliphatic rings. The Hall–Kier alpha value is -2.11. The highest BCUT2D eigenvalue weighted by atomic mass is 79.9. The number of aromatic nitrogens is 3. The van der Waals surface area contributed by atoms with Gasteiger partial charge in [0.15, 0.2) is 0 Å². The molecule has 5 rings (SSSR count). The highest BCUT2D eigenvalue weighted by molar-refractivity contribution is 9.10. The number of nitrogens with zero attached hydrogens (tertiary/aromatic N) is 4. The zero-order valence-electron chi connectivity index (χ0n) is 15.1. The lowest BCUT2D eigenvalue weighted by atomic mass is 10.1. The van der Waals surface area contributed by atoms with Crippen molar-refractivity contribution >= 4 is 15.9 Å². The second-order valence-corrected chi connectivity index (χ2v) is 8.32. The highest BCUT2D eigenvalue weighted by Gasteiger charge is 2.28. The lowest BCUT2D eigenvalue weighted by Gasteiger charge is -2.28. The van der Waals surface area contributed by atoms with E-state index in [4.69, 9.17) is 4.98 Å². The van der Waals surface area contributed by atoms with Crippen molar-refractivity contribution in [1.29, 1.82) is 0 Å². The van der Waals surface area contributed by atoms with Gasteiger partial charge in [0, 0.05) is 65.7 Å². The molecule has 0 bridgehead atoms. The molecule has 1 aliphatic carbocycles. The van der Waals surface area contributed by atoms with Crippen molar-refractivity contribution in [2.45, 2.75) is 38.3 Å². The van der Waals surface area contributed by atoms with Gasteiger partial charge in [0.25, 0.3) is 0 Å². The Balaban J connectivity index is 1.28. The first kappa shape index (κ1) is 17.0. The van der Waals surface area contributed by atoms with Crippen molar-refractivity contribution in [1.82, 2.24) is 19.9 Å². The van der Waals surface area contributed by atoms with Crippen LogP contribution in [0.5, 0.6) is 0 Å². The number of benzene rings is 1. The first-order valence-corrected chi connectivity index (χ1v) is 10.3. The summed E-state index contributed by atoms with van der Waals surface area (Å²) in [6.45, 7) is 2.87. The molecule has 27 heavy (non-hydrogen) atoms. The topological polar surface area (TPSA) is 41.9 Å². The predicted molar refractivity (Wildman–Crippen MR) is 109 cm³/mol. The molecular weight excluding hydrogens is 400 g/mol. The van der Waals surface area contributed by atoms with E-state index >= 15 is 0 Å². The van der Waals surface area contributed by atoms with Gasteiger partial charge in [-0.15, -0.1) is 0 Å². The van der Waals surface area contributed by atoms with Gasteiger partial charge in [0.1, 0.15) is 5.82 Å². The minimum Gasteiger partial charge on any atom is -0.294 e. The summed E-state index contributed by atoms with van der Waals surface area (Å²) in [4.78, 5) is 16.5. The average molecular weight is 421 g/mol. The van der Waals surface area contributed by atoms with E-state index in [1.807, 2.05) is 24.4 Å². The Bertz CT molecular complexity index is 966.